The van der Waals surface area contributed by atoms with Crippen LogP contribution in [0.25, 0.3) is 0 Å². The maximum Gasteiger partial charge on any atom is 0.246 e. The Hall–Kier alpha value is -2.64. The molecular weight excluding hydrogens is 325 g/mol. The van der Waals surface area contributed by atoms with Gasteiger partial charge in [0.2, 0.25) is 11.8 Å². The molecule has 0 spiro atoms. The minimum atomic E-state index is -0.412. The van der Waals surface area contributed by atoms with Crippen LogP contribution in [0.1, 0.15) is 19.8 Å². The summed E-state index contributed by atoms with van der Waals surface area (Å²) < 4.78 is 13.1. The lowest BCUT2D eigenvalue weighted by molar-refractivity contribution is -0.122. The molecule has 1 aromatic carbocycles. The first kappa shape index (κ1) is 18.7. The third-order valence-electron chi connectivity index (χ3n) is 3.50. The molecule has 4 N–H and O–H groups in total. The van der Waals surface area contributed by atoms with E-state index in [1.165, 1.54) is 18.2 Å². The zero-order valence-electron chi connectivity index (χ0n) is 14.3. The molecule has 25 heavy (non-hydrogen) atoms. The Morgan fingerprint density at radius 2 is 1.96 bits per heavy atom. The Bertz CT molecular complexity index is 631. The van der Waals surface area contributed by atoms with Gasteiger partial charge >= 0.3 is 0 Å². The highest BCUT2D eigenvalue weighted by Crippen LogP contribution is 2.28. The van der Waals surface area contributed by atoms with Crippen LogP contribution in [0, 0.1) is 11.7 Å². The Labute approximate surface area is 146 Å². The number of nitrogens with zero attached hydrogens (tertiary/aromatic N) is 1. The number of benzene rings is 1. The molecule has 1 aromatic rings. The summed E-state index contributed by atoms with van der Waals surface area (Å²) in [5.41, 5.74) is 0.390. The molecule has 0 aromatic heterocycles. The number of halogens is 1. The molecule has 7 nitrogen and oxygen atoms in total. The molecule has 1 fully saturated rings. The first-order valence-corrected chi connectivity index (χ1v) is 8.43. The molecule has 0 aliphatic heterocycles. The van der Waals surface area contributed by atoms with E-state index in [9.17, 15) is 14.0 Å². The molecule has 0 bridgehead atoms. The average molecular weight is 349 g/mol. The van der Waals surface area contributed by atoms with Gasteiger partial charge in [-0.15, -0.1) is 0 Å². The Balaban J connectivity index is 1.73. The lowest BCUT2D eigenvalue weighted by Gasteiger charge is -2.12. The van der Waals surface area contributed by atoms with Crippen molar-refractivity contribution in [1.29, 1.82) is 0 Å². The van der Waals surface area contributed by atoms with E-state index in [2.05, 4.69) is 26.3 Å². The van der Waals surface area contributed by atoms with E-state index in [1.807, 2.05) is 6.92 Å². The highest BCUT2D eigenvalue weighted by molar-refractivity contribution is 5.94. The second-order valence-electron chi connectivity index (χ2n) is 5.75. The Morgan fingerprint density at radius 3 is 2.64 bits per heavy atom. The predicted molar refractivity (Wildman–Crippen MR) is 94.7 cm³/mol. The molecule has 136 valence electrons. The number of carbonyl (C=O) groups is 2. The SMILES string of the molecule is CCNC(=NCC(=O)Nc1cccc(F)c1)NCCNC(=O)C1CC1. The van der Waals surface area contributed by atoms with Crippen LogP contribution in [-0.2, 0) is 9.59 Å². The predicted octanol–water partition coefficient (Wildman–Crippen LogP) is 0.845. The van der Waals surface area contributed by atoms with E-state index in [1.54, 1.807) is 6.07 Å². The minimum absolute atomic E-state index is 0.0956. The summed E-state index contributed by atoms with van der Waals surface area (Å²) in [6.45, 7) is 3.47. The van der Waals surface area contributed by atoms with E-state index in [-0.39, 0.29) is 24.3 Å². The number of hydrogen-bond donors (Lipinski definition) is 4. The van der Waals surface area contributed by atoms with Crippen molar-refractivity contribution in [1.82, 2.24) is 16.0 Å². The van der Waals surface area contributed by atoms with Crippen LogP contribution in [0.3, 0.4) is 0 Å². The monoisotopic (exact) mass is 349 g/mol. The topological polar surface area (TPSA) is 94.6 Å². The summed E-state index contributed by atoms with van der Waals surface area (Å²) in [4.78, 5) is 27.6. The highest BCUT2D eigenvalue weighted by Gasteiger charge is 2.28. The third-order valence-corrected chi connectivity index (χ3v) is 3.50. The number of carbonyl (C=O) groups excluding carboxylic acids is 2. The number of anilines is 1. The first-order chi connectivity index (χ1) is 12.1. The van der Waals surface area contributed by atoms with E-state index >= 15 is 0 Å². The van der Waals surface area contributed by atoms with E-state index < -0.39 is 5.82 Å². The van der Waals surface area contributed by atoms with Gasteiger partial charge in [0, 0.05) is 31.2 Å². The largest absolute Gasteiger partial charge is 0.357 e. The average Bonchev–Trinajstić information content (AvgIpc) is 3.41. The van der Waals surface area contributed by atoms with Gasteiger partial charge in [0.05, 0.1) is 0 Å². The van der Waals surface area contributed by atoms with Gasteiger partial charge in [-0.2, -0.15) is 0 Å². The van der Waals surface area contributed by atoms with Crippen molar-refractivity contribution in [3.63, 3.8) is 0 Å². The lowest BCUT2D eigenvalue weighted by atomic mass is 10.3. The van der Waals surface area contributed by atoms with Crippen LogP contribution < -0.4 is 21.3 Å². The number of nitrogens with one attached hydrogen (secondary N) is 4. The van der Waals surface area contributed by atoms with Gasteiger partial charge in [-0.25, -0.2) is 9.38 Å². The molecule has 0 heterocycles. The molecule has 0 saturated heterocycles. The standard InChI is InChI=1S/C17H24FN5O2/c1-2-19-17(21-9-8-20-16(25)12-6-7-12)22-11-15(24)23-14-5-3-4-13(18)10-14/h3-5,10,12H,2,6-9,11H2,1H3,(H,20,25)(H,23,24)(H2,19,21,22). The molecule has 1 saturated carbocycles. The molecule has 2 amide bonds. The second-order valence-corrected chi connectivity index (χ2v) is 5.75. The summed E-state index contributed by atoms with van der Waals surface area (Å²) in [5, 5.41) is 11.5. The molecule has 1 aliphatic rings. The van der Waals surface area contributed by atoms with Crippen LogP contribution in [0.5, 0.6) is 0 Å². The van der Waals surface area contributed by atoms with Gasteiger partial charge in [-0.3, -0.25) is 9.59 Å². The van der Waals surface area contributed by atoms with Gasteiger partial charge in [0.25, 0.3) is 0 Å². The van der Waals surface area contributed by atoms with Crippen LogP contribution in [0.15, 0.2) is 29.3 Å². The van der Waals surface area contributed by atoms with Crippen LogP contribution in [0.4, 0.5) is 10.1 Å². The molecule has 1 aliphatic carbocycles. The number of amides is 2. The fourth-order valence-corrected chi connectivity index (χ4v) is 2.12. The van der Waals surface area contributed by atoms with Crippen LogP contribution in [-0.4, -0.2) is 44.0 Å². The van der Waals surface area contributed by atoms with Gasteiger partial charge < -0.3 is 21.3 Å². The number of guanidine groups is 1. The fraction of sp³-hybridized carbons (Fsp3) is 0.471. The molecular formula is C17H24FN5O2. The molecule has 8 heteroatoms. The summed E-state index contributed by atoms with van der Waals surface area (Å²) >= 11 is 0. The van der Waals surface area contributed by atoms with Crippen LogP contribution in [0.2, 0.25) is 0 Å². The highest BCUT2D eigenvalue weighted by atomic mass is 19.1. The third kappa shape index (κ3) is 7.19. The maximum absolute atomic E-state index is 13.1. The molecule has 0 radical (unpaired) electrons. The van der Waals surface area contributed by atoms with Gasteiger partial charge in [-0.1, -0.05) is 6.07 Å². The first-order valence-electron chi connectivity index (χ1n) is 8.43. The lowest BCUT2D eigenvalue weighted by Crippen LogP contribution is -2.42. The smallest absolute Gasteiger partial charge is 0.246 e. The Kier molecular flexibility index (Phi) is 7.18. The van der Waals surface area contributed by atoms with E-state index in [4.69, 9.17) is 0 Å². The van der Waals surface area contributed by atoms with Gasteiger partial charge in [0.15, 0.2) is 5.96 Å². The van der Waals surface area contributed by atoms with Crippen molar-refractivity contribution < 1.29 is 14.0 Å². The molecule has 0 atom stereocenters. The van der Waals surface area contributed by atoms with Crippen molar-refractivity contribution in [2.24, 2.45) is 10.9 Å². The summed E-state index contributed by atoms with van der Waals surface area (Å²) in [6.07, 6.45) is 1.95. The van der Waals surface area contributed by atoms with Gasteiger partial charge in [0.1, 0.15) is 12.4 Å². The van der Waals surface area contributed by atoms with Crippen molar-refractivity contribution in [3.05, 3.63) is 30.1 Å². The van der Waals surface area contributed by atoms with Crippen molar-refractivity contribution in [3.8, 4) is 0 Å². The van der Waals surface area contributed by atoms with Crippen molar-refractivity contribution >= 4 is 23.5 Å². The van der Waals surface area contributed by atoms with E-state index in [0.717, 1.165) is 12.8 Å². The number of rotatable bonds is 8. The minimum Gasteiger partial charge on any atom is -0.357 e. The summed E-state index contributed by atoms with van der Waals surface area (Å²) in [5.74, 6) is 0.0126. The summed E-state index contributed by atoms with van der Waals surface area (Å²) in [7, 11) is 0. The fourth-order valence-electron chi connectivity index (χ4n) is 2.12. The quantitative estimate of drug-likeness (QED) is 0.318. The van der Waals surface area contributed by atoms with Crippen LogP contribution >= 0.6 is 0 Å². The van der Waals surface area contributed by atoms with Gasteiger partial charge in [-0.05, 0) is 38.0 Å². The number of hydrogen-bond acceptors (Lipinski definition) is 3. The zero-order valence-corrected chi connectivity index (χ0v) is 14.3. The Morgan fingerprint density at radius 1 is 1.20 bits per heavy atom. The normalized spacial score (nSPS) is 13.9. The summed E-state index contributed by atoms with van der Waals surface area (Å²) in [6, 6.07) is 5.68. The number of aliphatic imine (C=N–C) groups is 1. The molecule has 2 rings (SSSR count). The molecule has 0 unspecified atom stereocenters. The van der Waals surface area contributed by atoms with Crippen molar-refractivity contribution in [2.45, 2.75) is 19.8 Å². The maximum atomic E-state index is 13.1. The van der Waals surface area contributed by atoms with Crippen molar-refractivity contribution in [2.75, 3.05) is 31.5 Å². The van der Waals surface area contributed by atoms with E-state index in [0.29, 0.717) is 31.3 Å². The second kappa shape index (κ2) is 9.61. The zero-order chi connectivity index (χ0) is 18.1.